The van der Waals surface area contributed by atoms with Gasteiger partial charge in [0.15, 0.2) is 0 Å². The maximum absolute atomic E-state index is 9.47. The first-order valence-corrected chi connectivity index (χ1v) is 14.9. The molecule has 0 bridgehead atoms. The van der Waals surface area contributed by atoms with Crippen LogP contribution in [0.5, 0.6) is 0 Å². The quantitative estimate of drug-likeness (QED) is 0.0995. The van der Waals surface area contributed by atoms with Gasteiger partial charge in [0.25, 0.3) is 0 Å². The van der Waals surface area contributed by atoms with Crippen LogP contribution in [0.3, 0.4) is 0 Å². The highest BCUT2D eigenvalue weighted by molar-refractivity contribution is 7.46. The van der Waals surface area contributed by atoms with Crippen molar-refractivity contribution in [3.8, 4) is 0 Å². The third-order valence-corrected chi connectivity index (χ3v) is 5.83. The Bertz CT molecular complexity index is 313. The lowest BCUT2D eigenvalue weighted by molar-refractivity contribution is 0.235. The van der Waals surface area contributed by atoms with Gasteiger partial charge in [0.1, 0.15) is 0 Å². The van der Waals surface area contributed by atoms with Gasteiger partial charge in [0, 0.05) is 7.11 Å². The Kier molecular flexibility index (Phi) is 38.0. The van der Waals surface area contributed by atoms with Gasteiger partial charge < -0.3 is 21.3 Å². The molecule has 0 radical (unpaired) electrons. The van der Waals surface area contributed by atoms with Gasteiger partial charge in [0.05, 0.1) is 0 Å². The zero-order valence-corrected chi connectivity index (χ0v) is 22.8. The maximum Gasteiger partial charge on any atom is 0.469 e. The van der Waals surface area contributed by atoms with E-state index in [-0.39, 0.29) is 0 Å². The molecule has 0 atom stereocenters. The van der Waals surface area contributed by atoms with Crippen molar-refractivity contribution < 1.29 is 18.9 Å². The second-order valence-electron chi connectivity index (χ2n) is 8.61. The molecule has 0 aliphatic heterocycles. The largest absolute Gasteiger partial charge is 0.469 e. The van der Waals surface area contributed by atoms with Crippen LogP contribution in [0.1, 0.15) is 142 Å². The minimum Gasteiger partial charge on any atom is -0.330 e. The lowest BCUT2D eigenvalue weighted by Gasteiger charge is -2.00. The molecule has 0 heterocycles. The van der Waals surface area contributed by atoms with Crippen molar-refractivity contribution in [2.75, 3.05) is 20.2 Å². The molecule has 0 aliphatic carbocycles. The van der Waals surface area contributed by atoms with Crippen LogP contribution < -0.4 is 11.5 Å². The first kappa shape index (κ1) is 36.6. The molecule has 0 amide bonds. The van der Waals surface area contributed by atoms with Gasteiger partial charge in [-0.05, 0) is 25.9 Å². The molecule has 0 aromatic rings. The molecule has 32 heavy (non-hydrogen) atoms. The summed E-state index contributed by atoms with van der Waals surface area (Å²) in [5.41, 5.74) is 10.8. The van der Waals surface area contributed by atoms with Crippen LogP contribution in [-0.2, 0) is 9.09 Å². The van der Waals surface area contributed by atoms with E-state index in [2.05, 4.69) is 18.4 Å². The van der Waals surface area contributed by atoms with Crippen LogP contribution in [0, 0.1) is 0 Å². The average Bonchev–Trinajstić information content (AvgIpc) is 2.77. The summed E-state index contributed by atoms with van der Waals surface area (Å²) in [5, 5.41) is 0. The van der Waals surface area contributed by atoms with Gasteiger partial charge in [-0.25, -0.2) is 4.57 Å². The number of rotatable bonds is 21. The topological polar surface area (TPSA) is 119 Å². The minimum atomic E-state index is -4.15. The zero-order chi connectivity index (χ0) is 24.8. The van der Waals surface area contributed by atoms with Crippen LogP contribution in [0.2, 0.25) is 0 Å². The maximum atomic E-state index is 9.47. The molecule has 0 aliphatic rings. The van der Waals surface area contributed by atoms with E-state index in [0.29, 0.717) is 0 Å². The van der Waals surface area contributed by atoms with E-state index < -0.39 is 7.82 Å². The molecular formula is C25H59N2O4P. The molecule has 0 aromatic heterocycles. The third-order valence-electron chi connectivity index (χ3n) is 5.35. The molecule has 0 unspecified atom stereocenters. The number of nitrogens with two attached hydrogens (primary N) is 2. The van der Waals surface area contributed by atoms with Crippen LogP contribution >= 0.6 is 7.82 Å². The predicted molar refractivity (Wildman–Crippen MR) is 141 cm³/mol. The molecular weight excluding hydrogens is 423 g/mol. The van der Waals surface area contributed by atoms with Gasteiger partial charge in [-0.1, -0.05) is 129 Å². The molecule has 0 spiro atoms. The van der Waals surface area contributed by atoms with Crippen LogP contribution in [-0.4, -0.2) is 30.0 Å². The van der Waals surface area contributed by atoms with Crippen molar-refractivity contribution in [1.29, 1.82) is 0 Å². The van der Waals surface area contributed by atoms with Crippen molar-refractivity contribution in [3.63, 3.8) is 0 Å². The summed E-state index contributed by atoms with van der Waals surface area (Å²) in [6, 6.07) is 0. The Balaban J connectivity index is -0.000000422. The zero-order valence-electron chi connectivity index (χ0n) is 21.9. The lowest BCUT2D eigenvalue weighted by Crippen LogP contribution is -1.97. The fourth-order valence-electron chi connectivity index (χ4n) is 3.26. The lowest BCUT2D eigenvalue weighted by atomic mass is 10.1. The van der Waals surface area contributed by atoms with Crippen molar-refractivity contribution in [3.05, 3.63) is 0 Å². The van der Waals surface area contributed by atoms with E-state index in [1.165, 1.54) is 128 Å². The molecule has 0 fully saturated rings. The second-order valence-corrected chi connectivity index (χ2v) is 9.96. The number of phosphoric ester groups is 1. The second kappa shape index (κ2) is 33.2. The van der Waals surface area contributed by atoms with Gasteiger partial charge in [-0.2, -0.15) is 0 Å². The Morgan fingerprint density at radius 1 is 0.531 bits per heavy atom. The van der Waals surface area contributed by atoms with Crippen LogP contribution in [0.4, 0.5) is 0 Å². The molecule has 0 rings (SSSR count). The van der Waals surface area contributed by atoms with Crippen LogP contribution in [0.15, 0.2) is 0 Å². The highest BCUT2D eigenvalue weighted by atomic mass is 31.2. The van der Waals surface area contributed by atoms with Crippen molar-refractivity contribution >= 4 is 7.82 Å². The first-order valence-electron chi connectivity index (χ1n) is 13.4. The minimum absolute atomic E-state index is 0.872. The summed E-state index contributed by atoms with van der Waals surface area (Å²) < 4.78 is 13.1. The molecule has 0 saturated carbocycles. The fraction of sp³-hybridized carbons (Fsp3) is 1.00. The number of phosphoric acid groups is 1. The molecule has 0 aromatic carbocycles. The monoisotopic (exact) mass is 482 g/mol. The standard InChI is InChI=1S/2C12H27N.CH5O4P/c2*1-2-3-4-5-6-7-8-9-10-11-12-13;1-5-6(2,3)4/h2*2-13H2,1H3;1H3,(H2,2,3,4). The van der Waals surface area contributed by atoms with E-state index in [1.807, 2.05) is 0 Å². The summed E-state index contributed by atoms with van der Waals surface area (Å²) >= 11 is 0. The predicted octanol–water partition coefficient (Wildman–Crippen LogP) is 7.46. The Morgan fingerprint density at radius 3 is 0.875 bits per heavy atom. The Labute approximate surface area is 200 Å². The van der Waals surface area contributed by atoms with E-state index in [9.17, 15) is 4.57 Å². The molecule has 6 N–H and O–H groups in total. The summed E-state index contributed by atoms with van der Waals surface area (Å²) in [6.45, 7) is 6.28. The van der Waals surface area contributed by atoms with Crippen LogP contribution in [0.25, 0.3) is 0 Å². The Morgan fingerprint density at radius 2 is 0.719 bits per heavy atom. The highest BCUT2D eigenvalue weighted by Gasteiger charge is 2.07. The van der Waals surface area contributed by atoms with E-state index in [4.69, 9.17) is 21.3 Å². The first-order chi connectivity index (χ1) is 15.4. The van der Waals surface area contributed by atoms with Gasteiger partial charge >= 0.3 is 7.82 Å². The molecule has 7 heteroatoms. The number of hydrogen-bond donors (Lipinski definition) is 4. The summed E-state index contributed by atoms with van der Waals surface area (Å²) in [5.74, 6) is 0. The SMILES string of the molecule is CCCCCCCCCCCCN.CCCCCCCCCCCCN.COP(=O)(O)O. The third kappa shape index (κ3) is 47.7. The Hall–Kier alpha value is 0.0300. The summed E-state index contributed by atoms with van der Waals surface area (Å²) in [7, 11) is -3.20. The van der Waals surface area contributed by atoms with Gasteiger partial charge in [0.2, 0.25) is 0 Å². The molecule has 0 saturated heterocycles. The van der Waals surface area contributed by atoms with E-state index in [0.717, 1.165) is 20.2 Å². The normalized spacial score (nSPS) is 10.8. The average molecular weight is 483 g/mol. The summed E-state index contributed by atoms with van der Waals surface area (Å²) in [4.78, 5) is 15.4. The number of hydrogen-bond acceptors (Lipinski definition) is 4. The van der Waals surface area contributed by atoms with Crippen molar-refractivity contribution in [1.82, 2.24) is 0 Å². The van der Waals surface area contributed by atoms with Crippen molar-refractivity contribution in [2.24, 2.45) is 11.5 Å². The highest BCUT2D eigenvalue weighted by Crippen LogP contribution is 2.33. The van der Waals surface area contributed by atoms with Crippen molar-refractivity contribution in [2.45, 2.75) is 142 Å². The van der Waals surface area contributed by atoms with Gasteiger partial charge in [-0.15, -0.1) is 0 Å². The number of unbranched alkanes of at least 4 members (excludes halogenated alkanes) is 18. The van der Waals surface area contributed by atoms with Gasteiger partial charge in [-0.3, -0.25) is 4.52 Å². The van der Waals surface area contributed by atoms with E-state index >= 15 is 0 Å². The fourth-order valence-corrected chi connectivity index (χ4v) is 3.26. The smallest absolute Gasteiger partial charge is 0.330 e. The molecule has 6 nitrogen and oxygen atoms in total. The van der Waals surface area contributed by atoms with E-state index in [1.54, 1.807) is 0 Å². The summed E-state index contributed by atoms with van der Waals surface area (Å²) in [6.07, 6.45) is 27.9. The molecule has 198 valence electrons.